The molecule has 52 heavy (non-hydrogen) atoms. The van der Waals surface area contributed by atoms with Crippen molar-refractivity contribution in [2.75, 3.05) is 41.3 Å². The molecule has 1 N–H and O–H groups in total. The molecular formula is C37H45ClF3N4O5S2+. The van der Waals surface area contributed by atoms with Crippen molar-refractivity contribution in [3.8, 4) is 11.4 Å². The number of aromatic nitrogens is 2. The summed E-state index contributed by atoms with van der Waals surface area (Å²) in [6.07, 6.45) is 2.58. The number of methoxy groups -OCH3 is 1. The van der Waals surface area contributed by atoms with Gasteiger partial charge in [0.15, 0.2) is 5.16 Å². The van der Waals surface area contributed by atoms with Gasteiger partial charge in [-0.1, -0.05) is 43.3 Å². The molecule has 282 valence electrons. The molecule has 0 aliphatic rings. The first kappa shape index (κ1) is 41.2. The fourth-order valence-electron chi connectivity index (χ4n) is 5.69. The number of imidazole rings is 1. The Balaban J connectivity index is 1.69. The van der Waals surface area contributed by atoms with Gasteiger partial charge in [0.25, 0.3) is 0 Å². The maximum absolute atomic E-state index is 15.7. The molecule has 0 fully saturated rings. The summed E-state index contributed by atoms with van der Waals surface area (Å²) in [4.78, 5) is 16.1. The topological polar surface area (TPSA) is 102 Å². The lowest BCUT2D eigenvalue weighted by molar-refractivity contribution is -0.870. The van der Waals surface area contributed by atoms with E-state index in [9.17, 15) is 22.7 Å². The summed E-state index contributed by atoms with van der Waals surface area (Å²) < 4.78 is 81.7. The van der Waals surface area contributed by atoms with Crippen LogP contribution in [0.3, 0.4) is 0 Å². The summed E-state index contributed by atoms with van der Waals surface area (Å²) in [6.45, 7) is 6.96. The Labute approximate surface area is 313 Å². The predicted octanol–water partition coefficient (Wildman–Crippen LogP) is 7.91. The molecule has 0 radical (unpaired) electrons. The molecular weight excluding hydrogens is 737 g/mol. The van der Waals surface area contributed by atoms with Gasteiger partial charge < -0.3 is 14.3 Å². The van der Waals surface area contributed by atoms with E-state index in [1.807, 2.05) is 41.1 Å². The standard InChI is InChI=1S/C37H44ClF3N4O5S2/c1-36(2,24-11-16-29(38)32(19-24)50-8)33-22-42-35(44(33)26-14-12-25(39)13-15-26)51-23-28-30(40)20-27(21-31(28)41)52(48,49)43(37(3,4)34(46)47)17-9-10-18-45(5,6)7/h11-16,19-22H,9-10,17-18,23H2,1-8H3/p+1. The SMILES string of the molecule is COc1cc(C(C)(C)c2cnc(SCc3c(F)cc(S(=O)(=O)N(CCCC[N+](C)(C)C)C(C)(C)C(=O)O)cc3F)n2-c2ccc(F)cc2)ccc1Cl. The van der Waals surface area contributed by atoms with Crippen LogP contribution in [0.15, 0.2) is 70.8 Å². The molecule has 0 unspecified atom stereocenters. The Morgan fingerprint density at radius 2 is 1.62 bits per heavy atom. The molecule has 0 spiro atoms. The number of unbranched alkanes of at least 4 members (excludes halogenated alkanes) is 1. The minimum atomic E-state index is -4.65. The molecule has 1 heterocycles. The maximum atomic E-state index is 15.7. The molecule has 1 aromatic heterocycles. The highest BCUT2D eigenvalue weighted by Gasteiger charge is 2.43. The molecule has 3 aromatic carbocycles. The van der Waals surface area contributed by atoms with Gasteiger partial charge in [0.1, 0.15) is 28.7 Å². The number of carbonyl (C=O) groups is 1. The highest BCUT2D eigenvalue weighted by molar-refractivity contribution is 7.98. The molecule has 4 rings (SSSR count). The van der Waals surface area contributed by atoms with Crippen LogP contribution in [0.2, 0.25) is 5.02 Å². The van der Waals surface area contributed by atoms with Crippen molar-refractivity contribution in [1.82, 2.24) is 13.9 Å². The number of hydrogen-bond acceptors (Lipinski definition) is 6. The zero-order valence-electron chi connectivity index (χ0n) is 30.5. The Kier molecular flexibility index (Phi) is 12.5. The molecule has 4 aromatic rings. The number of ether oxygens (including phenoxy) is 1. The van der Waals surface area contributed by atoms with E-state index in [0.717, 1.165) is 33.8 Å². The summed E-state index contributed by atoms with van der Waals surface area (Å²) in [5.41, 5.74) is -0.946. The maximum Gasteiger partial charge on any atom is 0.324 e. The summed E-state index contributed by atoms with van der Waals surface area (Å²) in [6, 6.07) is 12.5. The fourth-order valence-corrected chi connectivity index (χ4v) is 8.70. The zero-order chi connectivity index (χ0) is 38.8. The van der Waals surface area contributed by atoms with Crippen LogP contribution in [0.1, 0.15) is 57.4 Å². The first-order valence-corrected chi connectivity index (χ1v) is 19.3. The van der Waals surface area contributed by atoms with Gasteiger partial charge in [-0.3, -0.25) is 9.36 Å². The van der Waals surface area contributed by atoms with Crippen LogP contribution in [0.4, 0.5) is 13.2 Å². The Bertz CT molecular complexity index is 2010. The molecule has 0 amide bonds. The van der Waals surface area contributed by atoms with E-state index in [2.05, 4.69) is 4.98 Å². The predicted molar refractivity (Wildman–Crippen MR) is 197 cm³/mol. The van der Waals surface area contributed by atoms with Crippen LogP contribution in [0.25, 0.3) is 5.69 Å². The number of hydrogen-bond donors (Lipinski definition) is 1. The van der Waals surface area contributed by atoms with Gasteiger partial charge in [-0.05, 0) is 80.8 Å². The first-order chi connectivity index (χ1) is 24.1. The van der Waals surface area contributed by atoms with Crippen molar-refractivity contribution in [2.45, 2.75) is 67.3 Å². The van der Waals surface area contributed by atoms with Crippen molar-refractivity contribution < 1.29 is 40.7 Å². The zero-order valence-corrected chi connectivity index (χ0v) is 32.9. The van der Waals surface area contributed by atoms with Crippen LogP contribution in [-0.4, -0.2) is 84.7 Å². The van der Waals surface area contributed by atoms with Crippen LogP contribution in [0, 0.1) is 17.5 Å². The van der Waals surface area contributed by atoms with E-state index >= 15 is 8.78 Å². The van der Waals surface area contributed by atoms with Gasteiger partial charge in [-0.25, -0.2) is 26.6 Å². The second kappa shape index (κ2) is 15.8. The second-order valence-electron chi connectivity index (χ2n) is 14.5. The third kappa shape index (κ3) is 8.96. The monoisotopic (exact) mass is 781 g/mol. The van der Waals surface area contributed by atoms with Crippen molar-refractivity contribution in [2.24, 2.45) is 0 Å². The summed E-state index contributed by atoms with van der Waals surface area (Å²) in [5, 5.41) is 10.7. The average molecular weight is 782 g/mol. The number of sulfonamides is 1. The Morgan fingerprint density at radius 1 is 1.00 bits per heavy atom. The van der Waals surface area contributed by atoms with E-state index in [0.29, 0.717) is 51.2 Å². The number of carboxylic acids is 1. The number of carboxylic acid groups (broad SMARTS) is 1. The average Bonchev–Trinajstić information content (AvgIpc) is 3.48. The van der Waals surface area contributed by atoms with Crippen molar-refractivity contribution in [1.29, 1.82) is 0 Å². The molecule has 0 bridgehead atoms. The number of halogens is 4. The normalized spacial score (nSPS) is 12.8. The lowest BCUT2D eigenvalue weighted by Gasteiger charge is -2.34. The molecule has 0 aliphatic carbocycles. The molecule has 0 atom stereocenters. The van der Waals surface area contributed by atoms with E-state index in [4.69, 9.17) is 16.3 Å². The Morgan fingerprint density at radius 3 is 2.17 bits per heavy atom. The van der Waals surface area contributed by atoms with Crippen molar-refractivity contribution in [3.63, 3.8) is 0 Å². The molecule has 0 aliphatic heterocycles. The van der Waals surface area contributed by atoms with Gasteiger partial charge in [-0.15, -0.1) is 0 Å². The Hall–Kier alpha value is -3.56. The highest BCUT2D eigenvalue weighted by Crippen LogP contribution is 2.40. The van der Waals surface area contributed by atoms with Crippen molar-refractivity contribution in [3.05, 3.63) is 100 Å². The van der Waals surface area contributed by atoms with Gasteiger partial charge in [0, 0.05) is 29.0 Å². The lowest BCUT2D eigenvalue weighted by Crippen LogP contribution is -2.53. The number of benzene rings is 3. The number of quaternary nitrogens is 1. The lowest BCUT2D eigenvalue weighted by atomic mass is 9.81. The molecule has 0 saturated heterocycles. The first-order valence-electron chi connectivity index (χ1n) is 16.5. The van der Waals surface area contributed by atoms with Gasteiger partial charge in [0.2, 0.25) is 10.0 Å². The van der Waals surface area contributed by atoms with E-state index in [1.54, 1.807) is 35.0 Å². The minimum absolute atomic E-state index is 0.157. The molecule has 0 saturated carbocycles. The molecule has 15 heteroatoms. The van der Waals surface area contributed by atoms with Crippen LogP contribution < -0.4 is 4.74 Å². The summed E-state index contributed by atoms with van der Waals surface area (Å²) in [7, 11) is 2.81. The number of thioether (sulfide) groups is 1. The third-order valence-corrected chi connectivity index (χ3v) is 12.3. The minimum Gasteiger partial charge on any atom is -0.495 e. The third-order valence-electron chi connectivity index (χ3n) is 8.96. The van der Waals surface area contributed by atoms with Crippen LogP contribution in [-0.2, 0) is 26.0 Å². The van der Waals surface area contributed by atoms with Crippen LogP contribution >= 0.6 is 23.4 Å². The van der Waals surface area contributed by atoms with E-state index in [-0.39, 0.29) is 12.3 Å². The van der Waals surface area contributed by atoms with E-state index < -0.39 is 54.9 Å². The summed E-state index contributed by atoms with van der Waals surface area (Å²) >= 11 is 7.29. The van der Waals surface area contributed by atoms with Gasteiger partial charge in [0.05, 0.1) is 56.6 Å². The van der Waals surface area contributed by atoms with E-state index in [1.165, 1.54) is 33.1 Å². The van der Waals surface area contributed by atoms with Crippen LogP contribution in [0.5, 0.6) is 5.75 Å². The summed E-state index contributed by atoms with van der Waals surface area (Å²) in [5.74, 6) is -3.88. The second-order valence-corrected chi connectivity index (χ2v) is 17.7. The van der Waals surface area contributed by atoms with Gasteiger partial charge >= 0.3 is 5.97 Å². The van der Waals surface area contributed by atoms with Gasteiger partial charge in [-0.2, -0.15) is 4.31 Å². The fraction of sp³-hybridized carbons (Fsp3) is 0.405. The smallest absolute Gasteiger partial charge is 0.324 e. The highest BCUT2D eigenvalue weighted by atomic mass is 35.5. The van der Waals surface area contributed by atoms with Crippen molar-refractivity contribution >= 4 is 39.4 Å². The number of nitrogens with zero attached hydrogens (tertiary/aromatic N) is 4. The number of aliphatic carboxylic acids is 1. The quantitative estimate of drug-likeness (QED) is 0.0701. The molecule has 9 nitrogen and oxygen atoms in total. The number of rotatable bonds is 16. The largest absolute Gasteiger partial charge is 0.495 e.